The molecule has 2 N–H and O–H groups in total. The van der Waals surface area contributed by atoms with Crippen molar-refractivity contribution in [1.29, 1.82) is 0 Å². The largest absolute Gasteiger partial charge is 0.379 e. The van der Waals surface area contributed by atoms with Crippen LogP contribution in [0.3, 0.4) is 0 Å². The number of amides is 1. The van der Waals surface area contributed by atoms with Gasteiger partial charge in [-0.1, -0.05) is 20.3 Å². The molecule has 0 aromatic carbocycles. The maximum absolute atomic E-state index is 10.9. The molecule has 1 unspecified atom stereocenters. The number of primary amides is 1. The molecule has 6 nitrogen and oxygen atoms in total. The van der Waals surface area contributed by atoms with E-state index in [4.69, 9.17) is 24.7 Å². The first-order valence-corrected chi connectivity index (χ1v) is 7.36. The molecule has 0 aromatic heterocycles. The zero-order chi connectivity index (χ0) is 15.1. The van der Waals surface area contributed by atoms with E-state index in [1.165, 1.54) is 0 Å². The van der Waals surface area contributed by atoms with Gasteiger partial charge < -0.3 is 24.7 Å². The number of ether oxygens (including phenoxy) is 4. The van der Waals surface area contributed by atoms with Crippen LogP contribution in [0.15, 0.2) is 0 Å². The van der Waals surface area contributed by atoms with E-state index >= 15 is 0 Å². The van der Waals surface area contributed by atoms with Gasteiger partial charge in [-0.3, -0.25) is 4.79 Å². The summed E-state index contributed by atoms with van der Waals surface area (Å²) in [5.74, 6) is -0.432. The quantitative estimate of drug-likeness (QED) is 0.457. The highest BCUT2D eigenvalue weighted by Crippen LogP contribution is 1.96. The average molecular weight is 291 g/mol. The first kappa shape index (κ1) is 19.3. The molecule has 0 bridgehead atoms. The third kappa shape index (κ3) is 12.3. The highest BCUT2D eigenvalue weighted by atomic mass is 16.6. The van der Waals surface area contributed by atoms with E-state index in [0.29, 0.717) is 46.1 Å². The second-order valence-electron chi connectivity index (χ2n) is 4.36. The van der Waals surface area contributed by atoms with Crippen molar-refractivity contribution in [3.63, 3.8) is 0 Å². The van der Waals surface area contributed by atoms with E-state index in [0.717, 1.165) is 19.4 Å². The molecule has 120 valence electrons. The Kier molecular flexibility index (Phi) is 14.2. The van der Waals surface area contributed by atoms with Gasteiger partial charge in [0.1, 0.15) is 6.10 Å². The van der Waals surface area contributed by atoms with Gasteiger partial charge in [0.2, 0.25) is 5.91 Å². The summed E-state index contributed by atoms with van der Waals surface area (Å²) in [7, 11) is 0. The number of nitrogens with two attached hydrogens (primary N) is 1. The van der Waals surface area contributed by atoms with Crippen molar-refractivity contribution in [3.05, 3.63) is 0 Å². The summed E-state index contributed by atoms with van der Waals surface area (Å²) < 4.78 is 21.3. The van der Waals surface area contributed by atoms with Crippen LogP contribution in [0.4, 0.5) is 0 Å². The van der Waals surface area contributed by atoms with E-state index in [1.807, 2.05) is 6.92 Å². The van der Waals surface area contributed by atoms with Gasteiger partial charge in [-0.2, -0.15) is 0 Å². The van der Waals surface area contributed by atoms with Crippen LogP contribution in [0.1, 0.15) is 33.1 Å². The molecule has 0 aliphatic heterocycles. The van der Waals surface area contributed by atoms with E-state index in [1.54, 1.807) is 0 Å². The predicted octanol–water partition coefficient (Wildman–Crippen LogP) is 1.12. The Balaban J connectivity index is 3.15. The van der Waals surface area contributed by atoms with Crippen molar-refractivity contribution in [2.75, 3.05) is 46.2 Å². The molecule has 0 rings (SSSR count). The van der Waals surface area contributed by atoms with Crippen LogP contribution in [-0.2, 0) is 23.7 Å². The van der Waals surface area contributed by atoms with Crippen molar-refractivity contribution in [3.8, 4) is 0 Å². The van der Waals surface area contributed by atoms with E-state index in [2.05, 4.69) is 6.92 Å². The van der Waals surface area contributed by atoms with Crippen molar-refractivity contribution in [2.24, 2.45) is 5.73 Å². The molecule has 0 saturated heterocycles. The van der Waals surface area contributed by atoms with Gasteiger partial charge in [-0.05, 0) is 12.8 Å². The van der Waals surface area contributed by atoms with Gasteiger partial charge in [0.05, 0.1) is 39.6 Å². The summed E-state index contributed by atoms with van der Waals surface area (Å²) in [5.41, 5.74) is 5.15. The number of rotatable bonds is 15. The number of carbonyl (C=O) groups excluding carboxylic acids is 1. The summed E-state index contributed by atoms with van der Waals surface area (Å²) in [5, 5.41) is 0. The first-order valence-electron chi connectivity index (χ1n) is 7.36. The lowest BCUT2D eigenvalue weighted by molar-refractivity contribution is -0.130. The molecule has 0 aliphatic carbocycles. The van der Waals surface area contributed by atoms with E-state index in [9.17, 15) is 4.79 Å². The van der Waals surface area contributed by atoms with Crippen molar-refractivity contribution < 1.29 is 23.7 Å². The molecule has 1 amide bonds. The van der Waals surface area contributed by atoms with Crippen LogP contribution in [0.2, 0.25) is 0 Å². The highest BCUT2D eigenvalue weighted by Gasteiger charge is 2.12. The zero-order valence-corrected chi connectivity index (χ0v) is 12.8. The Labute approximate surface area is 121 Å². The Morgan fingerprint density at radius 3 is 1.85 bits per heavy atom. The summed E-state index contributed by atoms with van der Waals surface area (Å²) in [6, 6.07) is 0. The van der Waals surface area contributed by atoms with Gasteiger partial charge in [0.15, 0.2) is 0 Å². The zero-order valence-electron chi connectivity index (χ0n) is 12.8. The molecule has 0 spiro atoms. The van der Waals surface area contributed by atoms with Gasteiger partial charge in [-0.25, -0.2) is 0 Å². The second-order valence-corrected chi connectivity index (χ2v) is 4.36. The SMILES string of the molecule is CCCCOCCOCCOCCOC(CC)C(N)=O. The third-order valence-corrected chi connectivity index (χ3v) is 2.62. The Hall–Kier alpha value is -0.690. The average Bonchev–Trinajstić information content (AvgIpc) is 2.43. The first-order chi connectivity index (χ1) is 9.72. The third-order valence-electron chi connectivity index (χ3n) is 2.62. The fourth-order valence-corrected chi connectivity index (χ4v) is 1.44. The number of hydrogen-bond donors (Lipinski definition) is 1. The smallest absolute Gasteiger partial charge is 0.246 e. The van der Waals surface area contributed by atoms with Gasteiger partial charge in [0.25, 0.3) is 0 Å². The monoisotopic (exact) mass is 291 g/mol. The highest BCUT2D eigenvalue weighted by molar-refractivity contribution is 5.78. The van der Waals surface area contributed by atoms with Crippen LogP contribution in [-0.4, -0.2) is 58.3 Å². The van der Waals surface area contributed by atoms with Crippen molar-refractivity contribution in [1.82, 2.24) is 0 Å². The summed E-state index contributed by atoms with van der Waals surface area (Å²) in [6.45, 7) is 7.83. The Morgan fingerprint density at radius 1 is 0.900 bits per heavy atom. The molecule has 0 radical (unpaired) electrons. The number of carbonyl (C=O) groups is 1. The minimum atomic E-state index is -0.518. The number of hydrogen-bond acceptors (Lipinski definition) is 5. The molecule has 20 heavy (non-hydrogen) atoms. The second kappa shape index (κ2) is 14.7. The van der Waals surface area contributed by atoms with E-state index < -0.39 is 12.0 Å². The van der Waals surface area contributed by atoms with Crippen molar-refractivity contribution in [2.45, 2.75) is 39.2 Å². The maximum Gasteiger partial charge on any atom is 0.246 e. The summed E-state index contributed by atoms with van der Waals surface area (Å²) in [6.07, 6.45) is 2.30. The lowest BCUT2D eigenvalue weighted by atomic mass is 10.3. The molecule has 0 saturated carbocycles. The summed E-state index contributed by atoms with van der Waals surface area (Å²) in [4.78, 5) is 10.9. The van der Waals surface area contributed by atoms with Crippen LogP contribution in [0, 0.1) is 0 Å². The van der Waals surface area contributed by atoms with Crippen LogP contribution in [0.25, 0.3) is 0 Å². The normalized spacial score (nSPS) is 12.5. The topological polar surface area (TPSA) is 80.0 Å². The molecule has 0 heterocycles. The molecular weight excluding hydrogens is 262 g/mol. The van der Waals surface area contributed by atoms with Gasteiger partial charge in [-0.15, -0.1) is 0 Å². The van der Waals surface area contributed by atoms with Crippen molar-refractivity contribution >= 4 is 5.91 Å². The van der Waals surface area contributed by atoms with Gasteiger partial charge in [0, 0.05) is 6.61 Å². The minimum absolute atomic E-state index is 0.363. The van der Waals surface area contributed by atoms with E-state index in [-0.39, 0.29) is 0 Å². The fourth-order valence-electron chi connectivity index (χ4n) is 1.44. The molecule has 0 aromatic rings. The lowest BCUT2D eigenvalue weighted by Gasteiger charge is -2.12. The van der Waals surface area contributed by atoms with Crippen LogP contribution >= 0.6 is 0 Å². The summed E-state index contributed by atoms with van der Waals surface area (Å²) >= 11 is 0. The fraction of sp³-hybridized carbons (Fsp3) is 0.929. The molecule has 0 fully saturated rings. The standard InChI is InChI=1S/C14H29NO5/c1-3-5-6-17-7-8-18-9-10-19-11-12-20-13(4-2)14(15)16/h13H,3-12H2,1-2H3,(H2,15,16). The lowest BCUT2D eigenvalue weighted by Crippen LogP contribution is -2.31. The molecular formula is C14H29NO5. The van der Waals surface area contributed by atoms with Gasteiger partial charge >= 0.3 is 0 Å². The molecule has 1 atom stereocenters. The maximum atomic E-state index is 10.9. The minimum Gasteiger partial charge on any atom is -0.379 e. The Morgan fingerprint density at radius 2 is 1.40 bits per heavy atom. The van der Waals surface area contributed by atoms with Crippen LogP contribution < -0.4 is 5.73 Å². The predicted molar refractivity (Wildman–Crippen MR) is 76.6 cm³/mol. The number of unbranched alkanes of at least 4 members (excludes halogenated alkanes) is 1. The molecule has 6 heteroatoms. The molecule has 0 aliphatic rings. The Bertz CT molecular complexity index is 226. The van der Waals surface area contributed by atoms with Crippen LogP contribution in [0.5, 0.6) is 0 Å².